The van der Waals surface area contributed by atoms with E-state index in [0.29, 0.717) is 36.5 Å². The second-order valence-corrected chi connectivity index (χ2v) is 11.6. The number of hydrogen-bond acceptors (Lipinski definition) is 8. The highest BCUT2D eigenvalue weighted by atomic mass is 32.2. The van der Waals surface area contributed by atoms with Gasteiger partial charge >= 0.3 is 10.2 Å². The smallest absolute Gasteiger partial charge is 0.302 e. The summed E-state index contributed by atoms with van der Waals surface area (Å²) in [5.41, 5.74) is 0.880. The van der Waals surface area contributed by atoms with Crippen LogP contribution in [0.2, 0.25) is 0 Å². The third kappa shape index (κ3) is 6.36. The van der Waals surface area contributed by atoms with Gasteiger partial charge in [-0.2, -0.15) is 17.7 Å². The topological polar surface area (TPSA) is 103 Å². The first-order chi connectivity index (χ1) is 16.0. The Bertz CT molecular complexity index is 1110. The van der Waals surface area contributed by atoms with Crippen molar-refractivity contribution in [1.29, 1.82) is 0 Å². The molecule has 2 aliphatic rings. The molecule has 0 bridgehead atoms. The zero-order chi connectivity index (χ0) is 24.5. The molecule has 4 rings (SSSR count). The van der Waals surface area contributed by atoms with E-state index < -0.39 is 22.1 Å². The van der Waals surface area contributed by atoms with Crippen LogP contribution in [0.1, 0.15) is 33.3 Å². The molecule has 2 aromatic rings. The second kappa shape index (κ2) is 9.94. The van der Waals surface area contributed by atoms with Crippen molar-refractivity contribution in [3.05, 3.63) is 41.7 Å². The number of thioether (sulfide) groups is 1. The average Bonchev–Trinajstić information content (AvgIpc) is 3.10. The third-order valence-corrected chi connectivity index (χ3v) is 7.79. The number of benzene rings is 1. The molecular weight excluding hydrogens is 483 g/mol. The van der Waals surface area contributed by atoms with E-state index in [4.69, 9.17) is 14.2 Å². The van der Waals surface area contributed by atoms with Crippen LogP contribution < -0.4 is 9.46 Å². The Morgan fingerprint density at radius 1 is 1.29 bits per heavy atom. The molecule has 0 aliphatic carbocycles. The molecule has 1 aromatic heterocycles. The molecule has 0 amide bonds. The van der Waals surface area contributed by atoms with Gasteiger partial charge in [-0.05, 0) is 44.4 Å². The maximum Gasteiger partial charge on any atom is 0.302 e. The van der Waals surface area contributed by atoms with Gasteiger partial charge in [0.2, 0.25) is 5.88 Å². The molecule has 12 heteroatoms. The van der Waals surface area contributed by atoms with Crippen molar-refractivity contribution in [2.75, 3.05) is 24.4 Å². The van der Waals surface area contributed by atoms with E-state index in [1.807, 2.05) is 27.7 Å². The van der Waals surface area contributed by atoms with Gasteiger partial charge in [0, 0.05) is 24.9 Å². The first kappa shape index (κ1) is 25.1. The lowest BCUT2D eigenvalue weighted by atomic mass is 10.1. The zero-order valence-electron chi connectivity index (χ0n) is 19.5. The Kier molecular flexibility index (Phi) is 7.34. The normalized spacial score (nSPS) is 21.7. The van der Waals surface area contributed by atoms with E-state index in [-0.39, 0.29) is 23.6 Å². The van der Waals surface area contributed by atoms with Gasteiger partial charge in [-0.15, -0.1) is 0 Å². The minimum atomic E-state index is -3.73. The van der Waals surface area contributed by atoms with Crippen molar-refractivity contribution >= 4 is 27.8 Å². The summed E-state index contributed by atoms with van der Waals surface area (Å²) < 4.78 is 60.0. The SMILES string of the molecule is CC1CN(S(=O)(=O)Nc2cc(O[C@H](C)C3COC(C)(C)O3)nc(SCc3ccc(F)cc3)n2)C1. The number of ether oxygens (including phenoxy) is 3. The van der Waals surface area contributed by atoms with Crippen molar-refractivity contribution in [1.82, 2.24) is 14.3 Å². The first-order valence-corrected chi connectivity index (χ1v) is 13.4. The largest absolute Gasteiger partial charge is 0.472 e. The monoisotopic (exact) mass is 512 g/mol. The van der Waals surface area contributed by atoms with E-state index in [2.05, 4.69) is 14.7 Å². The van der Waals surface area contributed by atoms with Crippen molar-refractivity contribution in [2.24, 2.45) is 5.92 Å². The lowest BCUT2D eigenvalue weighted by Crippen LogP contribution is -2.50. The summed E-state index contributed by atoms with van der Waals surface area (Å²) in [6.45, 7) is 8.79. The molecule has 1 aromatic carbocycles. The lowest BCUT2D eigenvalue weighted by molar-refractivity contribution is -0.147. The average molecular weight is 513 g/mol. The Hall–Kier alpha value is -1.99. The third-order valence-electron chi connectivity index (χ3n) is 5.43. The molecule has 186 valence electrons. The van der Waals surface area contributed by atoms with Gasteiger partial charge in [-0.3, -0.25) is 4.72 Å². The summed E-state index contributed by atoms with van der Waals surface area (Å²) in [4.78, 5) is 8.81. The highest BCUT2D eigenvalue weighted by Gasteiger charge is 2.37. The quantitative estimate of drug-likeness (QED) is 0.403. The number of anilines is 1. The molecule has 2 saturated heterocycles. The Labute approximate surface area is 203 Å². The number of halogens is 1. The fourth-order valence-corrected chi connectivity index (χ4v) is 5.76. The molecule has 9 nitrogen and oxygen atoms in total. The van der Waals surface area contributed by atoms with Gasteiger partial charge in [-0.1, -0.05) is 30.8 Å². The molecule has 2 fully saturated rings. The van der Waals surface area contributed by atoms with Gasteiger partial charge in [-0.25, -0.2) is 9.37 Å². The van der Waals surface area contributed by atoms with Crippen LogP contribution in [0, 0.1) is 11.7 Å². The van der Waals surface area contributed by atoms with E-state index in [0.717, 1.165) is 5.56 Å². The maximum atomic E-state index is 13.2. The molecule has 0 radical (unpaired) electrons. The van der Waals surface area contributed by atoms with E-state index in [9.17, 15) is 12.8 Å². The Balaban J connectivity index is 1.52. The van der Waals surface area contributed by atoms with Crippen LogP contribution in [0.25, 0.3) is 0 Å². The maximum absolute atomic E-state index is 13.2. The summed E-state index contributed by atoms with van der Waals surface area (Å²) in [5.74, 6) is 0.116. The van der Waals surface area contributed by atoms with Crippen LogP contribution in [-0.2, 0) is 25.4 Å². The highest BCUT2D eigenvalue weighted by molar-refractivity contribution is 7.98. The summed E-state index contributed by atoms with van der Waals surface area (Å²) >= 11 is 1.29. The molecule has 3 heterocycles. The van der Waals surface area contributed by atoms with Crippen molar-refractivity contribution in [3.8, 4) is 5.88 Å². The Morgan fingerprint density at radius 3 is 2.62 bits per heavy atom. The van der Waals surface area contributed by atoms with Crippen LogP contribution in [0.15, 0.2) is 35.5 Å². The van der Waals surface area contributed by atoms with Crippen LogP contribution in [-0.4, -0.2) is 60.4 Å². The van der Waals surface area contributed by atoms with Crippen molar-refractivity contribution < 1.29 is 27.0 Å². The fraction of sp³-hybridized carbons (Fsp3) is 0.545. The predicted octanol–water partition coefficient (Wildman–Crippen LogP) is 3.44. The standard InChI is InChI=1S/C22H29FN4O5S2/c1-14-10-27(11-14)34(28,29)26-19-9-20(31-15(2)18-12-30-22(3,4)32-18)25-21(24-19)33-13-16-5-7-17(23)8-6-16/h5-9,14-15,18H,10-13H2,1-4H3,(H,24,25,26)/t15-,18?/m1/s1. The zero-order valence-corrected chi connectivity index (χ0v) is 21.2. The van der Waals surface area contributed by atoms with Gasteiger partial charge in [0.15, 0.2) is 10.9 Å². The minimum Gasteiger partial charge on any atom is -0.472 e. The second-order valence-electron chi connectivity index (χ2n) is 9.01. The van der Waals surface area contributed by atoms with Gasteiger partial charge in [0.1, 0.15) is 23.8 Å². The number of nitrogens with one attached hydrogen (secondary N) is 1. The molecule has 0 spiro atoms. The predicted molar refractivity (Wildman–Crippen MR) is 126 cm³/mol. The molecule has 0 saturated carbocycles. The number of hydrogen-bond donors (Lipinski definition) is 1. The first-order valence-electron chi connectivity index (χ1n) is 11.0. The fourth-order valence-electron chi connectivity index (χ4n) is 3.56. The van der Waals surface area contributed by atoms with Crippen LogP contribution in [0.4, 0.5) is 10.2 Å². The molecular formula is C22H29FN4O5S2. The van der Waals surface area contributed by atoms with Gasteiger partial charge in [0.05, 0.1) is 6.61 Å². The van der Waals surface area contributed by atoms with Crippen molar-refractivity contribution in [3.63, 3.8) is 0 Å². The summed E-state index contributed by atoms with van der Waals surface area (Å²) in [6.07, 6.45) is -0.699. The van der Waals surface area contributed by atoms with Gasteiger partial charge in [0.25, 0.3) is 0 Å². The number of nitrogens with zero attached hydrogens (tertiary/aromatic N) is 3. The molecule has 1 N–H and O–H groups in total. The van der Waals surface area contributed by atoms with Gasteiger partial charge < -0.3 is 14.2 Å². The minimum absolute atomic E-state index is 0.113. The lowest BCUT2D eigenvalue weighted by Gasteiger charge is -2.35. The van der Waals surface area contributed by atoms with E-state index in [1.165, 1.54) is 34.3 Å². The van der Waals surface area contributed by atoms with Crippen molar-refractivity contribution in [2.45, 2.75) is 56.6 Å². The van der Waals surface area contributed by atoms with E-state index in [1.54, 1.807) is 12.1 Å². The summed E-state index contributed by atoms with van der Waals surface area (Å²) in [6, 6.07) is 7.59. The van der Waals surface area contributed by atoms with Crippen LogP contribution >= 0.6 is 11.8 Å². The van der Waals surface area contributed by atoms with Crippen LogP contribution in [0.5, 0.6) is 5.88 Å². The Morgan fingerprint density at radius 2 is 2.00 bits per heavy atom. The summed E-state index contributed by atoms with van der Waals surface area (Å²) in [7, 11) is -3.73. The number of rotatable bonds is 9. The summed E-state index contributed by atoms with van der Waals surface area (Å²) in [5, 5.41) is 0.327. The number of aromatic nitrogens is 2. The molecule has 34 heavy (non-hydrogen) atoms. The molecule has 2 aliphatic heterocycles. The van der Waals surface area contributed by atoms with Crippen LogP contribution in [0.3, 0.4) is 0 Å². The molecule has 2 atom stereocenters. The van der Waals surface area contributed by atoms with E-state index >= 15 is 0 Å². The highest BCUT2D eigenvalue weighted by Crippen LogP contribution is 2.29. The molecule has 1 unspecified atom stereocenters.